The van der Waals surface area contributed by atoms with Gasteiger partial charge in [0.2, 0.25) is 16.3 Å². The number of anilines is 1. The van der Waals surface area contributed by atoms with Crippen molar-refractivity contribution >= 4 is 21.6 Å². The Kier molecular flexibility index (Phi) is 9.89. The predicted molar refractivity (Wildman–Crippen MR) is 136 cm³/mol. The molecule has 196 valence electrons. The van der Waals surface area contributed by atoms with Crippen molar-refractivity contribution in [2.24, 2.45) is 11.8 Å². The van der Waals surface area contributed by atoms with Gasteiger partial charge in [-0.05, 0) is 54.3 Å². The van der Waals surface area contributed by atoms with Crippen LogP contribution in [0.1, 0.15) is 20.3 Å². The van der Waals surface area contributed by atoms with Gasteiger partial charge in [0.05, 0.1) is 25.2 Å². The highest BCUT2D eigenvalue weighted by Crippen LogP contribution is 2.29. The SMILES string of the molecule is COc1ccc(S(=O)(=O)N(CCO)CCO[C@@H]2C[C@H](C(C)C)C=C(C(=O)Nc3ccccc3)O2)cc1. The van der Waals surface area contributed by atoms with Crippen molar-refractivity contribution in [2.45, 2.75) is 31.5 Å². The Morgan fingerprint density at radius 3 is 2.44 bits per heavy atom. The highest BCUT2D eigenvalue weighted by Gasteiger charge is 2.30. The molecule has 10 heteroatoms. The van der Waals surface area contributed by atoms with Gasteiger partial charge < -0.3 is 24.6 Å². The van der Waals surface area contributed by atoms with Crippen LogP contribution in [-0.4, -0.2) is 63.4 Å². The van der Waals surface area contributed by atoms with Crippen LogP contribution < -0.4 is 10.1 Å². The average Bonchev–Trinajstić information content (AvgIpc) is 2.88. The van der Waals surface area contributed by atoms with Crippen LogP contribution in [0, 0.1) is 11.8 Å². The highest BCUT2D eigenvalue weighted by molar-refractivity contribution is 7.89. The zero-order valence-electron chi connectivity index (χ0n) is 20.8. The number of para-hydroxylation sites is 1. The number of nitrogens with zero attached hydrogens (tertiary/aromatic N) is 1. The second-order valence-corrected chi connectivity index (χ2v) is 10.7. The fraction of sp³-hybridized carbons (Fsp3) is 0.423. The molecule has 2 atom stereocenters. The lowest BCUT2D eigenvalue weighted by Crippen LogP contribution is -2.38. The van der Waals surface area contributed by atoms with Crippen molar-refractivity contribution in [1.82, 2.24) is 4.31 Å². The minimum absolute atomic E-state index is 0.0103. The van der Waals surface area contributed by atoms with Gasteiger partial charge in [0.25, 0.3) is 5.91 Å². The molecule has 0 saturated heterocycles. The molecule has 0 saturated carbocycles. The molecule has 3 rings (SSSR count). The molecule has 1 aliphatic rings. The number of allylic oxidation sites excluding steroid dienone is 1. The van der Waals surface area contributed by atoms with Gasteiger partial charge in [-0.25, -0.2) is 8.42 Å². The second kappa shape index (κ2) is 12.9. The Hall–Kier alpha value is -2.92. The van der Waals surface area contributed by atoms with E-state index < -0.39 is 16.3 Å². The number of rotatable bonds is 12. The summed E-state index contributed by atoms with van der Waals surface area (Å²) in [7, 11) is -2.35. The summed E-state index contributed by atoms with van der Waals surface area (Å²) < 4.78 is 44.1. The summed E-state index contributed by atoms with van der Waals surface area (Å²) in [6.45, 7) is 3.73. The first-order valence-electron chi connectivity index (χ1n) is 11.9. The maximum Gasteiger partial charge on any atom is 0.290 e. The quantitative estimate of drug-likeness (QED) is 0.443. The van der Waals surface area contributed by atoms with E-state index in [1.807, 2.05) is 24.3 Å². The molecule has 2 aromatic carbocycles. The largest absolute Gasteiger partial charge is 0.497 e. The number of ether oxygens (including phenoxy) is 3. The predicted octanol–water partition coefficient (Wildman–Crippen LogP) is 3.24. The minimum atomic E-state index is -3.85. The highest BCUT2D eigenvalue weighted by atomic mass is 32.2. The molecule has 0 spiro atoms. The number of nitrogens with one attached hydrogen (secondary N) is 1. The van der Waals surface area contributed by atoms with Gasteiger partial charge in [-0.1, -0.05) is 32.0 Å². The number of carbonyl (C=O) groups excluding carboxylic acids is 1. The lowest BCUT2D eigenvalue weighted by atomic mass is 9.90. The van der Waals surface area contributed by atoms with Crippen molar-refractivity contribution in [1.29, 1.82) is 0 Å². The van der Waals surface area contributed by atoms with Gasteiger partial charge in [0, 0.05) is 25.2 Å². The van der Waals surface area contributed by atoms with E-state index in [-0.39, 0.29) is 54.7 Å². The number of aliphatic hydroxyl groups is 1. The number of methoxy groups -OCH3 is 1. The fourth-order valence-electron chi connectivity index (χ4n) is 3.77. The molecule has 0 aliphatic carbocycles. The Bertz CT molecular complexity index is 1120. The molecule has 0 bridgehead atoms. The summed E-state index contributed by atoms with van der Waals surface area (Å²) in [5.41, 5.74) is 0.652. The van der Waals surface area contributed by atoms with Crippen molar-refractivity contribution in [3.63, 3.8) is 0 Å². The summed E-state index contributed by atoms with van der Waals surface area (Å²) >= 11 is 0. The van der Waals surface area contributed by atoms with Gasteiger partial charge >= 0.3 is 0 Å². The molecule has 2 N–H and O–H groups in total. The van der Waals surface area contributed by atoms with Gasteiger partial charge in [-0.3, -0.25) is 4.79 Å². The van der Waals surface area contributed by atoms with Gasteiger partial charge in [0.15, 0.2) is 5.76 Å². The number of benzene rings is 2. The Balaban J connectivity index is 1.64. The minimum Gasteiger partial charge on any atom is -0.497 e. The maximum atomic E-state index is 13.1. The van der Waals surface area contributed by atoms with E-state index in [4.69, 9.17) is 14.2 Å². The smallest absolute Gasteiger partial charge is 0.290 e. The standard InChI is InChI=1S/C26H34N2O7S/c1-19(2)20-17-24(26(30)27-21-7-5-4-6-8-21)35-25(18-20)34-16-14-28(13-15-29)36(31,32)23-11-9-22(33-3)10-12-23/h4-12,17,19-20,25,29H,13-16,18H2,1-3H3,(H,27,30)/t20-,25+/m1/s1. The van der Waals surface area contributed by atoms with Crippen molar-refractivity contribution in [2.75, 3.05) is 38.7 Å². The van der Waals surface area contributed by atoms with Gasteiger partial charge in [0.1, 0.15) is 5.75 Å². The third-order valence-corrected chi connectivity index (χ3v) is 7.80. The molecule has 0 aromatic heterocycles. The summed E-state index contributed by atoms with van der Waals surface area (Å²) in [5, 5.41) is 12.3. The lowest BCUT2D eigenvalue weighted by Gasteiger charge is -2.31. The fourth-order valence-corrected chi connectivity index (χ4v) is 5.19. The first-order chi connectivity index (χ1) is 17.2. The van der Waals surface area contributed by atoms with Crippen LogP contribution >= 0.6 is 0 Å². The van der Waals surface area contributed by atoms with Crippen molar-refractivity contribution in [3.05, 3.63) is 66.4 Å². The van der Waals surface area contributed by atoms with E-state index in [0.717, 1.165) is 4.31 Å². The van der Waals surface area contributed by atoms with E-state index in [1.165, 1.54) is 19.2 Å². The number of hydrogen-bond acceptors (Lipinski definition) is 7. The lowest BCUT2D eigenvalue weighted by molar-refractivity contribution is -0.148. The van der Waals surface area contributed by atoms with E-state index in [9.17, 15) is 18.3 Å². The molecular formula is C26H34N2O7S. The third-order valence-electron chi connectivity index (χ3n) is 5.89. The monoisotopic (exact) mass is 518 g/mol. The van der Waals surface area contributed by atoms with Gasteiger partial charge in [-0.15, -0.1) is 0 Å². The summed E-state index contributed by atoms with van der Waals surface area (Å²) in [4.78, 5) is 12.9. The van der Waals surface area contributed by atoms with Crippen LogP contribution in [0.3, 0.4) is 0 Å². The number of amides is 1. The second-order valence-electron chi connectivity index (χ2n) is 8.72. The van der Waals surface area contributed by atoms with Crippen molar-refractivity contribution in [3.8, 4) is 5.75 Å². The van der Waals surface area contributed by atoms with Crippen LogP contribution in [-0.2, 0) is 24.3 Å². The first-order valence-corrected chi connectivity index (χ1v) is 13.3. The summed E-state index contributed by atoms with van der Waals surface area (Å²) in [6.07, 6.45) is 1.64. The molecule has 1 aliphatic heterocycles. The number of hydrogen-bond donors (Lipinski definition) is 2. The van der Waals surface area contributed by atoms with E-state index in [0.29, 0.717) is 17.9 Å². The zero-order valence-corrected chi connectivity index (χ0v) is 21.6. The zero-order chi connectivity index (χ0) is 26.1. The number of sulfonamides is 1. The topological polar surface area (TPSA) is 114 Å². The van der Waals surface area contributed by atoms with E-state index >= 15 is 0 Å². The van der Waals surface area contributed by atoms with Crippen LogP contribution in [0.5, 0.6) is 5.75 Å². The number of carbonyl (C=O) groups is 1. The van der Waals surface area contributed by atoms with Crippen LogP contribution in [0.2, 0.25) is 0 Å². The van der Waals surface area contributed by atoms with Crippen LogP contribution in [0.4, 0.5) is 5.69 Å². The number of aliphatic hydroxyl groups excluding tert-OH is 1. The van der Waals surface area contributed by atoms with Crippen LogP contribution in [0.15, 0.2) is 71.3 Å². The molecule has 9 nitrogen and oxygen atoms in total. The molecule has 0 radical (unpaired) electrons. The average molecular weight is 519 g/mol. The summed E-state index contributed by atoms with van der Waals surface area (Å²) in [5.74, 6) is 0.647. The third kappa shape index (κ3) is 7.30. The molecule has 36 heavy (non-hydrogen) atoms. The molecule has 2 aromatic rings. The first kappa shape index (κ1) is 27.7. The van der Waals surface area contributed by atoms with E-state index in [2.05, 4.69) is 19.2 Å². The van der Waals surface area contributed by atoms with Crippen LogP contribution in [0.25, 0.3) is 0 Å². The molecule has 1 heterocycles. The Morgan fingerprint density at radius 1 is 1.14 bits per heavy atom. The summed E-state index contributed by atoms with van der Waals surface area (Å²) in [6, 6.07) is 15.1. The Labute approximate surface area is 212 Å². The Morgan fingerprint density at radius 2 is 1.83 bits per heavy atom. The van der Waals surface area contributed by atoms with Crippen molar-refractivity contribution < 1.29 is 32.5 Å². The normalized spacial score (nSPS) is 18.0. The van der Waals surface area contributed by atoms with E-state index in [1.54, 1.807) is 24.3 Å². The molecule has 0 unspecified atom stereocenters. The molecule has 1 amide bonds. The van der Waals surface area contributed by atoms with Gasteiger partial charge in [-0.2, -0.15) is 4.31 Å². The molecular weight excluding hydrogens is 484 g/mol. The molecule has 0 fully saturated rings. The maximum absolute atomic E-state index is 13.1.